The van der Waals surface area contributed by atoms with E-state index in [9.17, 15) is 8.78 Å². The first-order valence-corrected chi connectivity index (χ1v) is 5.77. The van der Waals surface area contributed by atoms with E-state index in [1.54, 1.807) is 12.1 Å². The van der Waals surface area contributed by atoms with Gasteiger partial charge in [0.2, 0.25) is 0 Å². The lowest BCUT2D eigenvalue weighted by molar-refractivity contribution is -0.122. The number of halogens is 2. The molecule has 0 bridgehead atoms. The van der Waals surface area contributed by atoms with Crippen LogP contribution in [0.5, 0.6) is 0 Å². The molecule has 2 rings (SSSR count). The molecule has 1 saturated heterocycles. The van der Waals surface area contributed by atoms with Crippen molar-refractivity contribution in [3.8, 4) is 0 Å². The zero-order valence-corrected chi connectivity index (χ0v) is 9.88. The van der Waals surface area contributed by atoms with Crippen molar-refractivity contribution in [2.45, 2.75) is 31.8 Å². The second-order valence-corrected chi connectivity index (χ2v) is 4.49. The third-order valence-electron chi connectivity index (χ3n) is 3.07. The molecule has 0 N–H and O–H groups in total. The maximum Gasteiger partial charge on any atom is 0.298 e. The molecule has 1 aromatic rings. The lowest BCUT2D eigenvalue weighted by Gasteiger charge is -2.23. The molecule has 1 fully saturated rings. The Hall–Kier alpha value is -1.22. The van der Waals surface area contributed by atoms with Crippen molar-refractivity contribution in [1.82, 2.24) is 0 Å². The molecule has 1 heterocycles. The van der Waals surface area contributed by atoms with Crippen LogP contribution in [0, 0.1) is 0 Å². The fourth-order valence-corrected chi connectivity index (χ4v) is 2.04. The van der Waals surface area contributed by atoms with Gasteiger partial charge in [0.05, 0.1) is 0 Å². The summed E-state index contributed by atoms with van der Waals surface area (Å²) in [6, 6.07) is 6.39. The summed E-state index contributed by atoms with van der Waals surface area (Å²) >= 11 is 0. The summed E-state index contributed by atoms with van der Waals surface area (Å²) in [7, 11) is 0. The Balaban J connectivity index is 2.31. The highest BCUT2D eigenvalue weighted by atomic mass is 19.3. The first-order valence-electron chi connectivity index (χ1n) is 5.77. The summed E-state index contributed by atoms with van der Waals surface area (Å²) in [5.74, 6) is -2.91. The summed E-state index contributed by atoms with van der Waals surface area (Å²) in [6.45, 7) is 6.01. The molecule has 1 aliphatic rings. The van der Waals surface area contributed by atoms with Gasteiger partial charge in [-0.2, -0.15) is 8.78 Å². The molecule has 1 aliphatic heterocycles. The molecule has 1 nitrogen and oxygen atoms in total. The number of alkyl halides is 2. The Labute approximate surface area is 100 Å². The van der Waals surface area contributed by atoms with Gasteiger partial charge < -0.3 is 4.74 Å². The number of ether oxygens (including phenoxy) is 1. The fraction of sp³-hybridized carbons (Fsp3) is 0.429. The van der Waals surface area contributed by atoms with Crippen LogP contribution in [-0.4, -0.2) is 12.7 Å². The van der Waals surface area contributed by atoms with Crippen LogP contribution in [0.3, 0.4) is 0 Å². The largest absolute Gasteiger partial charge is 0.372 e. The van der Waals surface area contributed by atoms with Crippen LogP contribution in [0.4, 0.5) is 8.78 Å². The van der Waals surface area contributed by atoms with Gasteiger partial charge >= 0.3 is 0 Å². The third-order valence-corrected chi connectivity index (χ3v) is 3.07. The highest BCUT2D eigenvalue weighted by Gasteiger charge is 2.43. The Bertz CT molecular complexity index is 420. The van der Waals surface area contributed by atoms with E-state index in [1.165, 1.54) is 12.1 Å². The number of allylic oxidation sites excluding steroid dienone is 1. The summed E-state index contributed by atoms with van der Waals surface area (Å²) < 4.78 is 33.4. The van der Waals surface area contributed by atoms with Crippen molar-refractivity contribution >= 4 is 5.57 Å². The normalized spacial score (nSPS) is 20.5. The third kappa shape index (κ3) is 2.39. The average Bonchev–Trinajstić information content (AvgIpc) is 2.83. The van der Waals surface area contributed by atoms with Gasteiger partial charge in [0, 0.05) is 12.2 Å². The maximum absolute atomic E-state index is 14.1. The van der Waals surface area contributed by atoms with Crippen molar-refractivity contribution in [3.63, 3.8) is 0 Å². The Morgan fingerprint density at radius 3 is 2.82 bits per heavy atom. The van der Waals surface area contributed by atoms with Crippen LogP contribution in [-0.2, 0) is 10.7 Å². The highest BCUT2D eigenvalue weighted by molar-refractivity contribution is 5.62. The Kier molecular flexibility index (Phi) is 3.29. The van der Waals surface area contributed by atoms with E-state index < -0.39 is 12.0 Å². The van der Waals surface area contributed by atoms with Crippen molar-refractivity contribution in [2.24, 2.45) is 0 Å². The quantitative estimate of drug-likeness (QED) is 0.773. The molecule has 0 radical (unpaired) electrons. The summed E-state index contributed by atoms with van der Waals surface area (Å²) in [5.41, 5.74) is 1.56. The standard InChI is InChI=1S/C14H16F2O/c1-10(2)11-5-3-6-12(9-11)14(15,16)13-7-4-8-17-13/h3,5-6,9,13H,1,4,7-8H2,2H3. The molecule has 92 valence electrons. The van der Waals surface area contributed by atoms with Crippen LogP contribution in [0.15, 0.2) is 30.8 Å². The van der Waals surface area contributed by atoms with E-state index in [0.29, 0.717) is 19.4 Å². The molecule has 0 aromatic heterocycles. The monoisotopic (exact) mass is 238 g/mol. The molecule has 0 spiro atoms. The molecule has 1 aromatic carbocycles. The molecule has 17 heavy (non-hydrogen) atoms. The minimum absolute atomic E-state index is 0.0184. The fourth-order valence-electron chi connectivity index (χ4n) is 2.04. The molecule has 0 saturated carbocycles. The smallest absolute Gasteiger partial charge is 0.298 e. The predicted molar refractivity (Wildman–Crippen MR) is 64.0 cm³/mol. The van der Waals surface area contributed by atoms with Crippen molar-refractivity contribution < 1.29 is 13.5 Å². The molecule has 0 aliphatic carbocycles. The maximum atomic E-state index is 14.1. The van der Waals surface area contributed by atoms with Gasteiger partial charge in [-0.25, -0.2) is 0 Å². The van der Waals surface area contributed by atoms with E-state index >= 15 is 0 Å². The van der Waals surface area contributed by atoms with E-state index in [4.69, 9.17) is 4.74 Å². The molecular formula is C14H16F2O. The molecule has 0 amide bonds. The first kappa shape index (κ1) is 12.2. The second kappa shape index (κ2) is 4.57. The Morgan fingerprint density at radius 2 is 2.24 bits per heavy atom. The predicted octanol–water partition coefficient (Wildman–Crippen LogP) is 3.99. The minimum atomic E-state index is -2.91. The van der Waals surface area contributed by atoms with Crippen LogP contribution >= 0.6 is 0 Å². The van der Waals surface area contributed by atoms with Crippen LogP contribution in [0.2, 0.25) is 0 Å². The lowest BCUT2D eigenvalue weighted by atomic mass is 9.97. The van der Waals surface area contributed by atoms with E-state index in [2.05, 4.69) is 6.58 Å². The van der Waals surface area contributed by atoms with Gasteiger partial charge in [0.15, 0.2) is 0 Å². The van der Waals surface area contributed by atoms with Crippen molar-refractivity contribution in [2.75, 3.05) is 6.61 Å². The number of hydrogen-bond donors (Lipinski definition) is 0. The zero-order chi connectivity index (χ0) is 12.5. The second-order valence-electron chi connectivity index (χ2n) is 4.49. The zero-order valence-electron chi connectivity index (χ0n) is 9.88. The van der Waals surface area contributed by atoms with E-state index in [1.807, 2.05) is 6.92 Å². The van der Waals surface area contributed by atoms with Gasteiger partial charge in [-0.1, -0.05) is 30.4 Å². The van der Waals surface area contributed by atoms with Gasteiger partial charge in [0.1, 0.15) is 6.10 Å². The van der Waals surface area contributed by atoms with Crippen molar-refractivity contribution in [3.05, 3.63) is 42.0 Å². The van der Waals surface area contributed by atoms with Gasteiger partial charge in [-0.05, 0) is 31.4 Å². The number of rotatable bonds is 3. The van der Waals surface area contributed by atoms with Gasteiger partial charge in [-0.15, -0.1) is 0 Å². The van der Waals surface area contributed by atoms with Crippen LogP contribution in [0.1, 0.15) is 30.9 Å². The van der Waals surface area contributed by atoms with Crippen molar-refractivity contribution in [1.29, 1.82) is 0 Å². The van der Waals surface area contributed by atoms with Gasteiger partial charge in [-0.3, -0.25) is 0 Å². The molecular weight excluding hydrogens is 222 g/mol. The minimum Gasteiger partial charge on any atom is -0.372 e. The van der Waals surface area contributed by atoms with E-state index in [-0.39, 0.29) is 5.56 Å². The summed E-state index contributed by atoms with van der Waals surface area (Å²) in [6.07, 6.45) is 0.146. The summed E-state index contributed by atoms with van der Waals surface area (Å²) in [5, 5.41) is 0. The molecule has 1 atom stereocenters. The summed E-state index contributed by atoms with van der Waals surface area (Å²) in [4.78, 5) is 0. The highest BCUT2D eigenvalue weighted by Crippen LogP contribution is 2.38. The SMILES string of the molecule is C=C(C)c1cccc(C(F)(F)C2CCCO2)c1. The topological polar surface area (TPSA) is 9.23 Å². The Morgan fingerprint density at radius 1 is 1.47 bits per heavy atom. The number of hydrogen-bond acceptors (Lipinski definition) is 1. The van der Waals surface area contributed by atoms with Gasteiger partial charge in [0.25, 0.3) is 5.92 Å². The number of benzene rings is 1. The van der Waals surface area contributed by atoms with E-state index in [0.717, 1.165) is 11.1 Å². The lowest BCUT2D eigenvalue weighted by Crippen LogP contribution is -2.30. The molecule has 1 unspecified atom stereocenters. The molecule has 3 heteroatoms. The average molecular weight is 238 g/mol. The van der Waals surface area contributed by atoms with Crippen LogP contribution < -0.4 is 0 Å². The van der Waals surface area contributed by atoms with Crippen LogP contribution in [0.25, 0.3) is 5.57 Å². The first-order chi connectivity index (χ1) is 8.01.